The lowest BCUT2D eigenvalue weighted by atomic mass is 10.2. The highest BCUT2D eigenvalue weighted by Gasteiger charge is 2.17. The van der Waals surface area contributed by atoms with Crippen LogP contribution in [0.4, 0.5) is 10.1 Å². The summed E-state index contributed by atoms with van der Waals surface area (Å²) in [5.41, 5.74) is -0.360. The summed E-state index contributed by atoms with van der Waals surface area (Å²) < 4.78 is 19.2. The second-order valence-corrected chi connectivity index (χ2v) is 4.48. The highest BCUT2D eigenvalue weighted by atomic mass is 35.5. The fourth-order valence-electron chi connectivity index (χ4n) is 1.68. The number of nitro groups is 1. The Bertz CT molecular complexity index is 743. The second-order valence-electron chi connectivity index (χ2n) is 4.05. The molecular weight excluding hydrogens is 299 g/mol. The molecule has 0 N–H and O–H groups in total. The molecule has 0 saturated heterocycles. The average Bonchev–Trinajstić information content (AvgIpc) is 2.46. The van der Waals surface area contributed by atoms with Gasteiger partial charge in [-0.25, -0.2) is 0 Å². The lowest BCUT2D eigenvalue weighted by Gasteiger charge is -2.09. The van der Waals surface area contributed by atoms with Gasteiger partial charge in [-0.2, -0.15) is 9.65 Å². The maximum absolute atomic E-state index is 13.9. The van der Waals surface area contributed by atoms with Gasteiger partial charge in [0.1, 0.15) is 18.4 Å². The zero-order valence-corrected chi connectivity index (χ0v) is 11.3. The Labute approximate surface area is 124 Å². The van der Waals surface area contributed by atoms with Gasteiger partial charge in [-0.3, -0.25) is 10.1 Å². The fourth-order valence-corrected chi connectivity index (χ4v) is 1.84. The summed E-state index contributed by atoms with van der Waals surface area (Å²) in [7, 11) is 0. The quantitative estimate of drug-likeness (QED) is 0.635. The summed E-state index contributed by atoms with van der Waals surface area (Å²) >= 11 is 5.80. The molecule has 0 bridgehead atoms. The van der Waals surface area contributed by atoms with E-state index in [1.165, 1.54) is 30.3 Å². The zero-order chi connectivity index (χ0) is 15.4. The minimum Gasteiger partial charge on any atom is -0.487 e. The molecule has 0 aliphatic carbocycles. The third kappa shape index (κ3) is 3.27. The van der Waals surface area contributed by atoms with E-state index in [1.54, 1.807) is 0 Å². The van der Waals surface area contributed by atoms with Crippen LogP contribution in [0.2, 0.25) is 5.02 Å². The van der Waals surface area contributed by atoms with Crippen LogP contribution in [0.5, 0.6) is 5.75 Å². The Morgan fingerprint density at radius 2 is 2.14 bits per heavy atom. The Balaban J connectivity index is 2.25. The van der Waals surface area contributed by atoms with E-state index in [2.05, 4.69) is 0 Å². The van der Waals surface area contributed by atoms with Crippen LogP contribution >= 0.6 is 11.6 Å². The van der Waals surface area contributed by atoms with Gasteiger partial charge >= 0.3 is 5.69 Å². The lowest BCUT2D eigenvalue weighted by molar-refractivity contribution is -0.387. The number of benzene rings is 2. The van der Waals surface area contributed by atoms with Gasteiger partial charge in [0.05, 0.1) is 10.5 Å². The van der Waals surface area contributed by atoms with Gasteiger partial charge < -0.3 is 4.74 Å². The minimum atomic E-state index is -0.956. The highest BCUT2D eigenvalue weighted by Crippen LogP contribution is 2.25. The van der Waals surface area contributed by atoms with Crippen LogP contribution in [0.25, 0.3) is 0 Å². The molecule has 0 heterocycles. The van der Waals surface area contributed by atoms with Crippen LogP contribution in [0.15, 0.2) is 36.4 Å². The molecule has 2 aromatic rings. The summed E-state index contributed by atoms with van der Waals surface area (Å²) in [6.45, 7) is -0.247. The molecule has 0 aliphatic heterocycles. The van der Waals surface area contributed by atoms with Gasteiger partial charge in [0, 0.05) is 22.7 Å². The Hall–Kier alpha value is -2.65. The van der Waals surface area contributed by atoms with E-state index < -0.39 is 16.4 Å². The monoisotopic (exact) mass is 306 g/mol. The summed E-state index contributed by atoms with van der Waals surface area (Å²) in [6.07, 6.45) is 0. The molecule has 0 aliphatic rings. The van der Waals surface area contributed by atoms with E-state index in [-0.39, 0.29) is 23.5 Å². The number of halogens is 2. The van der Waals surface area contributed by atoms with Crippen molar-refractivity contribution >= 4 is 17.3 Å². The molecule has 0 atom stereocenters. The van der Waals surface area contributed by atoms with Crippen LogP contribution in [-0.2, 0) is 6.61 Å². The van der Waals surface area contributed by atoms with Crippen LogP contribution in [0.1, 0.15) is 11.1 Å². The molecule has 0 spiro atoms. The third-order valence-electron chi connectivity index (χ3n) is 2.70. The maximum atomic E-state index is 13.9. The molecule has 0 fully saturated rings. The van der Waals surface area contributed by atoms with Crippen molar-refractivity contribution in [2.75, 3.05) is 0 Å². The van der Waals surface area contributed by atoms with Crippen LogP contribution in [0, 0.1) is 27.3 Å². The second kappa shape index (κ2) is 6.20. The number of ether oxygens (including phenoxy) is 1. The van der Waals surface area contributed by atoms with Crippen LogP contribution < -0.4 is 4.74 Å². The average molecular weight is 307 g/mol. The molecule has 5 nitrogen and oxygen atoms in total. The van der Waals surface area contributed by atoms with Gasteiger partial charge in [-0.1, -0.05) is 23.7 Å². The van der Waals surface area contributed by atoms with E-state index in [9.17, 15) is 14.5 Å². The molecule has 21 heavy (non-hydrogen) atoms. The first-order chi connectivity index (χ1) is 10.0. The number of hydrogen-bond donors (Lipinski definition) is 0. The van der Waals surface area contributed by atoms with Crippen molar-refractivity contribution in [2.24, 2.45) is 0 Å². The van der Waals surface area contributed by atoms with E-state index >= 15 is 0 Å². The van der Waals surface area contributed by atoms with Crippen molar-refractivity contribution in [1.82, 2.24) is 0 Å². The van der Waals surface area contributed by atoms with E-state index in [4.69, 9.17) is 21.6 Å². The summed E-state index contributed by atoms with van der Waals surface area (Å²) in [5, 5.41) is 20.0. The number of hydrogen-bond acceptors (Lipinski definition) is 4. The predicted octanol–water partition coefficient (Wildman–Crippen LogP) is 3.84. The Kier molecular flexibility index (Phi) is 4.36. The summed E-state index contributed by atoms with van der Waals surface area (Å²) in [4.78, 5) is 9.85. The van der Waals surface area contributed by atoms with Crippen molar-refractivity contribution < 1.29 is 14.1 Å². The molecule has 2 aromatic carbocycles. The molecule has 106 valence electrons. The Morgan fingerprint density at radius 1 is 1.38 bits per heavy atom. The molecule has 7 heteroatoms. The van der Waals surface area contributed by atoms with Crippen molar-refractivity contribution in [2.45, 2.75) is 6.61 Å². The number of nitrogens with zero attached hydrogens (tertiary/aromatic N) is 2. The van der Waals surface area contributed by atoms with Crippen molar-refractivity contribution in [3.05, 3.63) is 68.5 Å². The smallest absolute Gasteiger partial charge is 0.305 e. The number of rotatable bonds is 4. The summed E-state index contributed by atoms with van der Waals surface area (Å²) in [6, 6.07) is 10.2. The van der Waals surface area contributed by atoms with Gasteiger partial charge in [0.15, 0.2) is 0 Å². The SMILES string of the molecule is N#Cc1ccc(Cl)cc1OCc1cccc([N+](=O)[O-])c1F. The molecule has 0 unspecified atom stereocenters. The molecule has 0 saturated carbocycles. The molecule has 0 amide bonds. The van der Waals surface area contributed by atoms with Gasteiger partial charge in [0.25, 0.3) is 0 Å². The van der Waals surface area contributed by atoms with E-state index in [1.807, 2.05) is 6.07 Å². The molecule has 2 rings (SSSR count). The highest BCUT2D eigenvalue weighted by molar-refractivity contribution is 6.30. The first kappa shape index (κ1) is 14.8. The van der Waals surface area contributed by atoms with E-state index in [0.29, 0.717) is 5.02 Å². The lowest BCUT2D eigenvalue weighted by Crippen LogP contribution is -2.02. The van der Waals surface area contributed by atoms with Gasteiger partial charge in [0.2, 0.25) is 5.82 Å². The third-order valence-corrected chi connectivity index (χ3v) is 2.94. The number of nitriles is 1. The molecule has 0 aromatic heterocycles. The van der Waals surface area contributed by atoms with Crippen LogP contribution in [-0.4, -0.2) is 4.92 Å². The van der Waals surface area contributed by atoms with Crippen LogP contribution in [0.3, 0.4) is 0 Å². The minimum absolute atomic E-state index is 0.0214. The number of nitro benzene ring substituents is 1. The summed E-state index contributed by atoms with van der Waals surface area (Å²) in [5.74, 6) is -0.765. The fraction of sp³-hybridized carbons (Fsp3) is 0.0714. The van der Waals surface area contributed by atoms with Crippen molar-refractivity contribution in [3.63, 3.8) is 0 Å². The first-order valence-electron chi connectivity index (χ1n) is 5.77. The van der Waals surface area contributed by atoms with Gasteiger partial charge in [-0.15, -0.1) is 0 Å². The predicted molar refractivity (Wildman–Crippen MR) is 73.6 cm³/mol. The standard InChI is InChI=1S/C14H8ClFN2O3/c15-11-5-4-9(7-17)13(6-11)21-8-10-2-1-3-12(14(10)16)18(19)20/h1-6H,8H2. The molecule has 0 radical (unpaired) electrons. The molecular formula is C14H8ClFN2O3. The van der Waals surface area contributed by atoms with Crippen molar-refractivity contribution in [3.8, 4) is 11.8 Å². The van der Waals surface area contributed by atoms with Gasteiger partial charge in [-0.05, 0) is 12.1 Å². The largest absolute Gasteiger partial charge is 0.487 e. The first-order valence-corrected chi connectivity index (χ1v) is 6.15. The maximum Gasteiger partial charge on any atom is 0.305 e. The topological polar surface area (TPSA) is 76.2 Å². The normalized spacial score (nSPS) is 9.95. The van der Waals surface area contributed by atoms with E-state index in [0.717, 1.165) is 6.07 Å². The van der Waals surface area contributed by atoms with Crippen molar-refractivity contribution in [1.29, 1.82) is 5.26 Å². The Morgan fingerprint density at radius 3 is 2.81 bits per heavy atom. The zero-order valence-electron chi connectivity index (χ0n) is 10.5.